The lowest BCUT2D eigenvalue weighted by atomic mass is 10.3. The van der Waals surface area contributed by atoms with E-state index < -0.39 is 18.5 Å². The number of halogens is 1. The number of hydrogen-bond acceptors (Lipinski definition) is 3. The van der Waals surface area contributed by atoms with Gasteiger partial charge in [-0.05, 0) is 18.2 Å². The molecule has 0 saturated carbocycles. The standard InChI is InChI=1S/C11H13BrN2O4/c12-8-2-1-3-9(6-8)18-5-4-13-11(17)14-7-10(15)16/h1-3,6H,4-5,7H2,(H,15,16)(H2,13,14,17). The van der Waals surface area contributed by atoms with E-state index in [1.54, 1.807) is 6.07 Å². The predicted molar refractivity (Wildman–Crippen MR) is 68.7 cm³/mol. The number of carboxylic acid groups (broad SMARTS) is 1. The molecule has 6 nitrogen and oxygen atoms in total. The molecule has 0 spiro atoms. The zero-order valence-corrected chi connectivity index (χ0v) is 11.1. The van der Waals surface area contributed by atoms with Crippen LogP contribution >= 0.6 is 15.9 Å². The lowest BCUT2D eigenvalue weighted by Crippen LogP contribution is -2.40. The third-order valence-electron chi connectivity index (χ3n) is 1.85. The van der Waals surface area contributed by atoms with E-state index in [1.807, 2.05) is 18.2 Å². The number of carbonyl (C=O) groups is 2. The molecule has 2 amide bonds. The summed E-state index contributed by atoms with van der Waals surface area (Å²) in [6.45, 7) is 0.188. The Kier molecular flexibility index (Phi) is 5.99. The van der Waals surface area contributed by atoms with Crippen molar-refractivity contribution in [3.8, 4) is 5.75 Å². The van der Waals surface area contributed by atoms with Crippen LogP contribution in [0.5, 0.6) is 5.75 Å². The van der Waals surface area contributed by atoms with Crippen molar-refractivity contribution in [3.63, 3.8) is 0 Å². The van der Waals surface area contributed by atoms with Crippen LogP contribution in [-0.4, -0.2) is 36.8 Å². The summed E-state index contributed by atoms with van der Waals surface area (Å²) in [5, 5.41) is 13.0. The number of hydrogen-bond donors (Lipinski definition) is 3. The lowest BCUT2D eigenvalue weighted by Gasteiger charge is -2.08. The Morgan fingerprint density at radius 3 is 2.78 bits per heavy atom. The van der Waals surface area contributed by atoms with E-state index in [9.17, 15) is 9.59 Å². The second-order valence-electron chi connectivity index (χ2n) is 3.31. The van der Waals surface area contributed by atoms with Crippen LogP contribution in [-0.2, 0) is 4.79 Å². The van der Waals surface area contributed by atoms with Gasteiger partial charge in [-0.3, -0.25) is 4.79 Å². The van der Waals surface area contributed by atoms with Crippen molar-refractivity contribution in [2.75, 3.05) is 19.7 Å². The molecule has 18 heavy (non-hydrogen) atoms. The van der Waals surface area contributed by atoms with Gasteiger partial charge in [0.15, 0.2) is 0 Å². The fourth-order valence-electron chi connectivity index (χ4n) is 1.11. The molecule has 0 aliphatic rings. The Bertz CT molecular complexity index is 425. The summed E-state index contributed by atoms with van der Waals surface area (Å²) in [4.78, 5) is 21.2. The normalized spacial score (nSPS) is 9.61. The Hall–Kier alpha value is -1.76. The molecule has 1 aromatic rings. The quantitative estimate of drug-likeness (QED) is 0.688. The van der Waals surface area contributed by atoms with Crippen molar-refractivity contribution in [1.29, 1.82) is 0 Å². The van der Waals surface area contributed by atoms with Crippen LogP contribution < -0.4 is 15.4 Å². The average Bonchev–Trinajstić information content (AvgIpc) is 2.32. The van der Waals surface area contributed by atoms with Crippen molar-refractivity contribution in [2.45, 2.75) is 0 Å². The first-order chi connectivity index (χ1) is 8.58. The summed E-state index contributed by atoms with van der Waals surface area (Å²) in [6.07, 6.45) is 0. The van der Waals surface area contributed by atoms with Crippen LogP contribution in [0.15, 0.2) is 28.7 Å². The molecule has 3 N–H and O–H groups in total. The number of carbonyl (C=O) groups excluding carboxylic acids is 1. The number of amides is 2. The highest BCUT2D eigenvalue weighted by molar-refractivity contribution is 9.10. The van der Waals surface area contributed by atoms with Gasteiger partial charge in [-0.15, -0.1) is 0 Å². The minimum atomic E-state index is -1.09. The topological polar surface area (TPSA) is 87.7 Å². The van der Waals surface area contributed by atoms with Crippen LogP contribution in [0.2, 0.25) is 0 Å². The van der Waals surface area contributed by atoms with Gasteiger partial charge in [0.1, 0.15) is 18.9 Å². The number of nitrogens with one attached hydrogen (secondary N) is 2. The third kappa shape index (κ3) is 6.09. The molecule has 7 heteroatoms. The fraction of sp³-hybridized carbons (Fsp3) is 0.273. The molecule has 0 saturated heterocycles. The van der Waals surface area contributed by atoms with E-state index in [-0.39, 0.29) is 6.54 Å². The second-order valence-corrected chi connectivity index (χ2v) is 4.22. The highest BCUT2D eigenvalue weighted by atomic mass is 79.9. The first-order valence-corrected chi connectivity index (χ1v) is 5.99. The summed E-state index contributed by atoms with van der Waals surface area (Å²) in [5.41, 5.74) is 0. The number of benzene rings is 1. The highest BCUT2D eigenvalue weighted by Gasteiger charge is 2.02. The summed E-state index contributed by atoms with van der Waals surface area (Å²) in [7, 11) is 0. The molecule has 0 unspecified atom stereocenters. The zero-order valence-electron chi connectivity index (χ0n) is 9.48. The van der Waals surface area contributed by atoms with Crippen molar-refractivity contribution in [3.05, 3.63) is 28.7 Å². The molecule has 0 radical (unpaired) electrons. The van der Waals surface area contributed by atoms with Crippen LogP contribution in [0.25, 0.3) is 0 Å². The van der Waals surface area contributed by atoms with E-state index in [4.69, 9.17) is 9.84 Å². The van der Waals surface area contributed by atoms with Crippen molar-refractivity contribution in [1.82, 2.24) is 10.6 Å². The van der Waals surface area contributed by atoms with E-state index in [0.29, 0.717) is 12.4 Å². The van der Waals surface area contributed by atoms with E-state index in [0.717, 1.165) is 4.47 Å². The van der Waals surface area contributed by atoms with Crippen LogP contribution in [0, 0.1) is 0 Å². The third-order valence-corrected chi connectivity index (χ3v) is 2.35. The largest absolute Gasteiger partial charge is 0.492 e. The molecule has 1 aromatic carbocycles. The number of urea groups is 1. The van der Waals surface area contributed by atoms with Crippen molar-refractivity contribution in [2.24, 2.45) is 0 Å². The maximum atomic E-state index is 11.1. The summed E-state index contributed by atoms with van der Waals surface area (Å²) < 4.78 is 6.28. The van der Waals surface area contributed by atoms with Gasteiger partial charge >= 0.3 is 12.0 Å². The Labute approximate surface area is 112 Å². The van der Waals surface area contributed by atoms with Gasteiger partial charge in [-0.25, -0.2) is 4.79 Å². The van der Waals surface area contributed by atoms with Crippen molar-refractivity contribution >= 4 is 27.9 Å². The second kappa shape index (κ2) is 7.54. The van der Waals surface area contributed by atoms with E-state index in [2.05, 4.69) is 26.6 Å². The van der Waals surface area contributed by atoms with Gasteiger partial charge in [0, 0.05) is 4.47 Å². The van der Waals surface area contributed by atoms with Crippen molar-refractivity contribution < 1.29 is 19.4 Å². The van der Waals surface area contributed by atoms with E-state index >= 15 is 0 Å². The molecular weight excluding hydrogens is 304 g/mol. The Balaban J connectivity index is 2.15. The molecule has 0 heterocycles. The van der Waals surface area contributed by atoms with Gasteiger partial charge in [-0.1, -0.05) is 22.0 Å². The first-order valence-electron chi connectivity index (χ1n) is 5.20. The minimum absolute atomic E-state index is 0.290. The van der Waals surface area contributed by atoms with Gasteiger partial charge in [0.2, 0.25) is 0 Å². The van der Waals surface area contributed by atoms with Gasteiger partial charge in [0.25, 0.3) is 0 Å². The monoisotopic (exact) mass is 316 g/mol. The van der Waals surface area contributed by atoms with Gasteiger partial charge < -0.3 is 20.5 Å². The molecule has 0 aromatic heterocycles. The zero-order chi connectivity index (χ0) is 13.4. The Morgan fingerprint density at radius 2 is 2.11 bits per heavy atom. The minimum Gasteiger partial charge on any atom is -0.492 e. The number of aliphatic carboxylic acids is 1. The average molecular weight is 317 g/mol. The summed E-state index contributed by atoms with van der Waals surface area (Å²) in [5.74, 6) is -0.396. The fourth-order valence-corrected chi connectivity index (χ4v) is 1.49. The SMILES string of the molecule is O=C(O)CNC(=O)NCCOc1cccc(Br)c1. The molecule has 0 aliphatic carbocycles. The predicted octanol–water partition coefficient (Wildman–Crippen LogP) is 1.21. The summed E-state index contributed by atoms with van der Waals surface area (Å²) >= 11 is 3.31. The molecule has 0 bridgehead atoms. The summed E-state index contributed by atoms with van der Waals surface area (Å²) in [6, 6.07) is 6.80. The number of rotatable bonds is 6. The smallest absolute Gasteiger partial charge is 0.323 e. The first kappa shape index (κ1) is 14.3. The molecule has 98 valence electrons. The highest BCUT2D eigenvalue weighted by Crippen LogP contribution is 2.17. The molecule has 0 aliphatic heterocycles. The lowest BCUT2D eigenvalue weighted by molar-refractivity contribution is -0.135. The van der Waals surface area contributed by atoms with Gasteiger partial charge in [0.05, 0.1) is 6.54 Å². The molecule has 0 atom stereocenters. The molecular formula is C11H13BrN2O4. The molecule has 1 rings (SSSR count). The van der Waals surface area contributed by atoms with Crippen LogP contribution in [0.1, 0.15) is 0 Å². The van der Waals surface area contributed by atoms with Gasteiger partial charge in [-0.2, -0.15) is 0 Å². The van der Waals surface area contributed by atoms with E-state index in [1.165, 1.54) is 0 Å². The number of carboxylic acids is 1. The van der Waals surface area contributed by atoms with Crippen LogP contribution in [0.3, 0.4) is 0 Å². The van der Waals surface area contributed by atoms with Crippen LogP contribution in [0.4, 0.5) is 4.79 Å². The molecule has 0 fully saturated rings. The maximum absolute atomic E-state index is 11.1. The maximum Gasteiger partial charge on any atom is 0.323 e. The Morgan fingerprint density at radius 1 is 1.33 bits per heavy atom. The number of ether oxygens (including phenoxy) is 1.